The molecule has 0 radical (unpaired) electrons. The molecule has 4 aromatic carbocycles. The molecule has 0 atom stereocenters. The maximum Gasteiger partial charge on any atom is 0.416 e. The van der Waals surface area contributed by atoms with E-state index in [1.165, 1.54) is 35.1 Å². The predicted molar refractivity (Wildman–Crippen MR) is 175 cm³/mol. The number of hydrogen-bond acceptors (Lipinski definition) is 7. The molecule has 5 rings (SSSR count). The Morgan fingerprint density at radius 2 is 1.84 bits per heavy atom. The zero-order chi connectivity index (χ0) is 31.1. The number of hydrogen-bond donors (Lipinski definition) is 2. The largest absolute Gasteiger partial charge is 0.490 e. The van der Waals surface area contributed by atoms with Crippen LogP contribution < -0.4 is 20.2 Å². The van der Waals surface area contributed by atoms with Gasteiger partial charge in [0.05, 0.1) is 34.1 Å². The normalized spacial score (nSPS) is 11.6. The second kappa shape index (κ2) is 14.1. The Balaban J connectivity index is 1.18. The second-order valence-electron chi connectivity index (χ2n) is 9.55. The van der Waals surface area contributed by atoms with Crippen LogP contribution in [-0.4, -0.2) is 23.7 Å². The van der Waals surface area contributed by atoms with Crippen molar-refractivity contribution in [2.45, 2.75) is 26.1 Å². The molecule has 0 saturated heterocycles. The number of rotatable bonds is 11. The molecule has 1 aromatic heterocycles. The van der Waals surface area contributed by atoms with Gasteiger partial charge < -0.3 is 14.8 Å². The molecule has 12 heteroatoms. The predicted octanol–water partition coefficient (Wildman–Crippen LogP) is 8.33. The van der Waals surface area contributed by atoms with Crippen LogP contribution in [-0.2, 0) is 24.0 Å². The summed E-state index contributed by atoms with van der Waals surface area (Å²) in [5.41, 5.74) is 4.17. The van der Waals surface area contributed by atoms with E-state index >= 15 is 0 Å². The van der Waals surface area contributed by atoms with Gasteiger partial charge in [-0.1, -0.05) is 42.5 Å². The number of anilines is 2. The summed E-state index contributed by atoms with van der Waals surface area (Å²) in [6, 6.07) is 22.9. The lowest BCUT2D eigenvalue weighted by Gasteiger charge is -2.15. The lowest BCUT2D eigenvalue weighted by molar-refractivity contribution is -0.137. The SMILES string of the molecule is CCOc1cc(/C=N\NC(=O)Cc2csc(Nc3cccc(C(F)(F)F)c3)n2)cc(I)c1OCc1ccc2ccccc2c1. The van der Waals surface area contributed by atoms with E-state index in [2.05, 4.69) is 67.7 Å². The Morgan fingerprint density at radius 3 is 2.64 bits per heavy atom. The molecule has 0 unspecified atom stereocenters. The number of thiazole rings is 1. The highest BCUT2D eigenvalue weighted by atomic mass is 127. The molecule has 1 heterocycles. The Bertz CT molecular complexity index is 1810. The molecule has 1 amide bonds. The van der Waals surface area contributed by atoms with Crippen molar-refractivity contribution in [2.24, 2.45) is 5.10 Å². The maximum absolute atomic E-state index is 13.0. The molecule has 44 heavy (non-hydrogen) atoms. The third-order valence-electron chi connectivity index (χ3n) is 6.27. The summed E-state index contributed by atoms with van der Waals surface area (Å²) < 4.78 is 51.8. The number of carbonyl (C=O) groups is 1. The average molecular weight is 731 g/mol. The second-order valence-corrected chi connectivity index (χ2v) is 11.6. The molecule has 0 fully saturated rings. The Kier molecular flexibility index (Phi) is 10.0. The Morgan fingerprint density at radius 1 is 1.02 bits per heavy atom. The molecule has 0 spiro atoms. The number of nitrogens with one attached hydrogen (secondary N) is 2. The zero-order valence-electron chi connectivity index (χ0n) is 23.3. The van der Waals surface area contributed by atoms with Crippen molar-refractivity contribution in [1.29, 1.82) is 0 Å². The van der Waals surface area contributed by atoms with E-state index in [1.807, 2.05) is 31.2 Å². The van der Waals surface area contributed by atoms with Gasteiger partial charge in [0.2, 0.25) is 5.91 Å². The van der Waals surface area contributed by atoms with Crippen LogP contribution in [0.2, 0.25) is 0 Å². The third kappa shape index (κ3) is 8.26. The number of fused-ring (bicyclic) bond motifs is 1. The monoisotopic (exact) mass is 730 g/mol. The summed E-state index contributed by atoms with van der Waals surface area (Å²) in [7, 11) is 0. The number of amides is 1. The van der Waals surface area contributed by atoms with E-state index in [4.69, 9.17) is 9.47 Å². The molecule has 5 aromatic rings. The fourth-order valence-electron chi connectivity index (χ4n) is 4.27. The minimum absolute atomic E-state index is 0.0542. The Hall–Kier alpha value is -4.17. The van der Waals surface area contributed by atoms with Gasteiger partial charge >= 0.3 is 6.18 Å². The van der Waals surface area contributed by atoms with E-state index in [0.717, 1.165) is 26.7 Å². The van der Waals surface area contributed by atoms with Gasteiger partial charge in [0.25, 0.3) is 0 Å². The maximum atomic E-state index is 13.0. The van der Waals surface area contributed by atoms with Crippen molar-refractivity contribution in [3.8, 4) is 11.5 Å². The van der Waals surface area contributed by atoms with E-state index < -0.39 is 17.6 Å². The van der Waals surface area contributed by atoms with E-state index in [-0.39, 0.29) is 12.1 Å². The number of carbonyl (C=O) groups excluding carboxylic acids is 1. The van der Waals surface area contributed by atoms with Crippen LogP contribution in [0.3, 0.4) is 0 Å². The summed E-state index contributed by atoms with van der Waals surface area (Å²) in [5.74, 6) is 0.795. The molecule has 0 aliphatic carbocycles. The number of halogens is 4. The molecule has 0 bridgehead atoms. The lowest BCUT2D eigenvalue weighted by atomic mass is 10.1. The summed E-state index contributed by atoms with van der Waals surface area (Å²) in [4.78, 5) is 16.8. The average Bonchev–Trinajstić information content (AvgIpc) is 3.42. The first-order valence-corrected chi connectivity index (χ1v) is 15.4. The minimum Gasteiger partial charge on any atom is -0.490 e. The van der Waals surface area contributed by atoms with E-state index in [1.54, 1.807) is 11.4 Å². The lowest BCUT2D eigenvalue weighted by Crippen LogP contribution is -2.20. The number of benzene rings is 4. The van der Waals surface area contributed by atoms with Gasteiger partial charge in [0.1, 0.15) is 6.61 Å². The van der Waals surface area contributed by atoms with Crippen LogP contribution in [0, 0.1) is 3.57 Å². The molecule has 226 valence electrons. The van der Waals surface area contributed by atoms with Crippen molar-refractivity contribution in [3.63, 3.8) is 0 Å². The van der Waals surface area contributed by atoms with Crippen molar-refractivity contribution < 1.29 is 27.4 Å². The number of hydrazone groups is 1. The van der Waals surface area contributed by atoms with Crippen LogP contribution in [0.1, 0.15) is 29.3 Å². The van der Waals surface area contributed by atoms with Gasteiger partial charge in [-0.25, -0.2) is 10.4 Å². The molecule has 7 nitrogen and oxygen atoms in total. The molecule has 0 aliphatic heterocycles. The first-order chi connectivity index (χ1) is 21.2. The Labute approximate surface area is 269 Å². The van der Waals surface area contributed by atoms with Gasteiger partial charge in [-0.05, 0) is 87.8 Å². The van der Waals surface area contributed by atoms with Crippen LogP contribution in [0.25, 0.3) is 10.8 Å². The topological polar surface area (TPSA) is 84.8 Å². The van der Waals surface area contributed by atoms with Crippen LogP contribution >= 0.6 is 33.9 Å². The fraction of sp³-hybridized carbons (Fsp3) is 0.156. The smallest absolute Gasteiger partial charge is 0.416 e. The summed E-state index contributed by atoms with van der Waals surface area (Å²) in [6.07, 6.45) is -2.99. The van der Waals surface area contributed by atoms with Crippen molar-refractivity contribution in [3.05, 3.63) is 110 Å². The van der Waals surface area contributed by atoms with Gasteiger partial charge in [0, 0.05) is 11.1 Å². The van der Waals surface area contributed by atoms with E-state index in [9.17, 15) is 18.0 Å². The van der Waals surface area contributed by atoms with Crippen molar-refractivity contribution in [1.82, 2.24) is 10.4 Å². The molecular weight excluding hydrogens is 704 g/mol. The summed E-state index contributed by atoms with van der Waals surface area (Å²) in [6.45, 7) is 2.70. The molecule has 2 N–H and O–H groups in total. The van der Waals surface area contributed by atoms with Gasteiger partial charge in [-0.3, -0.25) is 4.79 Å². The summed E-state index contributed by atoms with van der Waals surface area (Å²) in [5, 5.41) is 11.3. The van der Waals surface area contributed by atoms with E-state index in [0.29, 0.717) is 41.1 Å². The zero-order valence-corrected chi connectivity index (χ0v) is 26.3. The van der Waals surface area contributed by atoms with Gasteiger partial charge in [-0.15, -0.1) is 11.3 Å². The van der Waals surface area contributed by atoms with Crippen LogP contribution in [0.4, 0.5) is 24.0 Å². The first-order valence-electron chi connectivity index (χ1n) is 13.5. The van der Waals surface area contributed by atoms with Crippen molar-refractivity contribution in [2.75, 3.05) is 11.9 Å². The highest BCUT2D eigenvalue weighted by molar-refractivity contribution is 14.1. The standard InChI is InChI=1S/C32H26F3IN4O3S/c1-2-42-28-14-21(13-27(36)30(28)43-18-20-10-11-22-6-3-4-7-23(22)12-20)17-37-40-29(41)16-26-19-44-31(39-26)38-25-9-5-8-24(15-25)32(33,34)35/h3-15,17,19H,2,16,18H2,1H3,(H,38,39)(H,40,41)/b37-17-. The van der Waals surface area contributed by atoms with Crippen molar-refractivity contribution >= 4 is 67.6 Å². The highest BCUT2D eigenvalue weighted by Gasteiger charge is 2.30. The fourth-order valence-corrected chi connectivity index (χ4v) is 5.79. The quantitative estimate of drug-likeness (QED) is 0.0812. The molecule has 0 saturated carbocycles. The highest BCUT2D eigenvalue weighted by Crippen LogP contribution is 2.35. The number of alkyl halides is 3. The van der Waals surface area contributed by atoms with Gasteiger partial charge in [0.15, 0.2) is 16.6 Å². The minimum atomic E-state index is -4.44. The van der Waals surface area contributed by atoms with Crippen LogP contribution in [0.15, 0.2) is 89.3 Å². The number of nitrogens with zero attached hydrogens (tertiary/aromatic N) is 2. The van der Waals surface area contributed by atoms with Crippen LogP contribution in [0.5, 0.6) is 11.5 Å². The third-order valence-corrected chi connectivity index (χ3v) is 7.87. The first kappa shape index (κ1) is 31.3. The molecule has 0 aliphatic rings. The van der Waals surface area contributed by atoms with Gasteiger partial charge in [-0.2, -0.15) is 18.3 Å². The molecular formula is C32H26F3IN4O3S. The number of ether oxygens (including phenoxy) is 2. The number of aromatic nitrogens is 1. The summed E-state index contributed by atoms with van der Waals surface area (Å²) >= 11 is 3.37.